The lowest BCUT2D eigenvalue weighted by Crippen LogP contribution is -2.44. The first kappa shape index (κ1) is 14.2. The Kier molecular flexibility index (Phi) is 5.11. The summed E-state index contributed by atoms with van der Waals surface area (Å²) in [5.41, 5.74) is 2.04. The number of hydrogen-bond acceptors (Lipinski definition) is 3. The van der Waals surface area contributed by atoms with Crippen molar-refractivity contribution >= 4 is 21.9 Å². The summed E-state index contributed by atoms with van der Waals surface area (Å²) in [5.74, 6) is -0.869. The molecule has 0 aliphatic carbocycles. The molecule has 0 aliphatic heterocycles. The number of halogens is 1. The molecule has 1 aromatic carbocycles. The number of rotatable bonds is 5. The Morgan fingerprint density at radius 1 is 1.35 bits per heavy atom. The van der Waals surface area contributed by atoms with Gasteiger partial charge in [-0.05, 0) is 44.3 Å². The van der Waals surface area contributed by atoms with Gasteiger partial charge in [-0.3, -0.25) is 4.79 Å². The fourth-order valence-corrected chi connectivity index (χ4v) is 2.26. The van der Waals surface area contributed by atoms with Crippen LogP contribution in [0.2, 0.25) is 0 Å². The van der Waals surface area contributed by atoms with Crippen LogP contribution in [0.25, 0.3) is 0 Å². The molecule has 5 heteroatoms. The highest BCUT2D eigenvalue weighted by atomic mass is 79.9. The Bertz CT molecular complexity index is 409. The van der Waals surface area contributed by atoms with Crippen molar-refractivity contribution in [2.75, 3.05) is 14.1 Å². The van der Waals surface area contributed by atoms with Crippen LogP contribution in [-0.2, 0) is 4.79 Å². The smallest absolute Gasteiger partial charge is 0.322 e. The zero-order valence-electron chi connectivity index (χ0n) is 10.1. The molecule has 94 valence electrons. The average molecular weight is 301 g/mol. The predicted molar refractivity (Wildman–Crippen MR) is 71.2 cm³/mol. The van der Waals surface area contributed by atoms with E-state index in [1.54, 1.807) is 14.1 Å². The average Bonchev–Trinajstić information content (AvgIpc) is 2.28. The van der Waals surface area contributed by atoms with Gasteiger partial charge < -0.3 is 15.7 Å². The first-order valence-electron chi connectivity index (χ1n) is 5.34. The molecule has 0 aliphatic rings. The highest BCUT2D eigenvalue weighted by Gasteiger charge is 2.27. The summed E-state index contributed by atoms with van der Waals surface area (Å²) >= 11 is 3.41. The van der Waals surface area contributed by atoms with E-state index >= 15 is 0 Å². The Labute approximate surface area is 110 Å². The standard InChI is InChI=1S/C12H17BrN2O2/c1-7-4-5-8(13)6-9(7)10(14-2)11(15-3)12(16)17/h4-6,10-11,14-15H,1-3H3,(H,16,17). The number of carboxylic acids is 1. The Balaban J connectivity index is 3.16. The Morgan fingerprint density at radius 3 is 2.47 bits per heavy atom. The van der Waals surface area contributed by atoms with E-state index in [0.717, 1.165) is 15.6 Å². The van der Waals surface area contributed by atoms with E-state index in [1.807, 2.05) is 25.1 Å². The fourth-order valence-electron chi connectivity index (χ4n) is 1.88. The Morgan fingerprint density at radius 2 is 2.00 bits per heavy atom. The molecule has 0 fully saturated rings. The van der Waals surface area contributed by atoms with E-state index in [1.165, 1.54) is 0 Å². The number of benzene rings is 1. The van der Waals surface area contributed by atoms with Crippen LogP contribution in [0, 0.1) is 6.92 Å². The molecule has 17 heavy (non-hydrogen) atoms. The van der Waals surface area contributed by atoms with Gasteiger partial charge in [0.2, 0.25) is 0 Å². The second kappa shape index (κ2) is 6.14. The molecule has 4 nitrogen and oxygen atoms in total. The lowest BCUT2D eigenvalue weighted by molar-refractivity contribution is -0.140. The number of aryl methyl sites for hydroxylation is 1. The second-order valence-corrected chi connectivity index (χ2v) is 4.79. The minimum absolute atomic E-state index is 0.269. The van der Waals surface area contributed by atoms with Gasteiger partial charge in [0.25, 0.3) is 0 Å². The molecular weight excluding hydrogens is 284 g/mol. The normalized spacial score (nSPS) is 14.4. The van der Waals surface area contributed by atoms with Gasteiger partial charge in [0, 0.05) is 4.47 Å². The van der Waals surface area contributed by atoms with Crippen LogP contribution in [-0.4, -0.2) is 31.2 Å². The van der Waals surface area contributed by atoms with Crippen LogP contribution in [0.4, 0.5) is 0 Å². The molecule has 0 radical (unpaired) electrons. The zero-order chi connectivity index (χ0) is 13.0. The van der Waals surface area contributed by atoms with Crippen molar-refractivity contribution in [3.63, 3.8) is 0 Å². The lowest BCUT2D eigenvalue weighted by Gasteiger charge is -2.25. The first-order chi connectivity index (χ1) is 8.01. The molecule has 0 spiro atoms. The summed E-state index contributed by atoms with van der Waals surface area (Å²) in [5, 5.41) is 15.1. The van der Waals surface area contributed by atoms with Gasteiger partial charge in [-0.15, -0.1) is 0 Å². The summed E-state index contributed by atoms with van der Waals surface area (Å²) in [6, 6.07) is 4.94. The maximum atomic E-state index is 11.2. The van der Waals surface area contributed by atoms with Gasteiger partial charge in [0.05, 0.1) is 6.04 Å². The quantitative estimate of drug-likeness (QED) is 0.774. The third kappa shape index (κ3) is 3.28. The molecule has 1 aromatic rings. The third-order valence-corrected chi connectivity index (χ3v) is 3.29. The van der Waals surface area contributed by atoms with Gasteiger partial charge >= 0.3 is 5.97 Å². The predicted octanol–water partition coefficient (Wildman–Crippen LogP) is 1.69. The second-order valence-electron chi connectivity index (χ2n) is 3.87. The first-order valence-corrected chi connectivity index (χ1v) is 6.14. The molecule has 1 rings (SSSR count). The molecule has 2 unspecified atom stereocenters. The minimum Gasteiger partial charge on any atom is -0.480 e. The van der Waals surface area contributed by atoms with Gasteiger partial charge in [0.15, 0.2) is 0 Å². The summed E-state index contributed by atoms with van der Waals surface area (Å²) in [6.45, 7) is 1.97. The van der Waals surface area contributed by atoms with Crippen LogP contribution < -0.4 is 10.6 Å². The van der Waals surface area contributed by atoms with Crippen molar-refractivity contribution in [1.29, 1.82) is 0 Å². The summed E-state index contributed by atoms with van der Waals surface area (Å²) in [7, 11) is 3.41. The summed E-state index contributed by atoms with van der Waals surface area (Å²) in [6.07, 6.45) is 0. The molecule has 3 N–H and O–H groups in total. The largest absolute Gasteiger partial charge is 0.480 e. The van der Waals surface area contributed by atoms with Crippen LogP contribution in [0.3, 0.4) is 0 Å². The van der Waals surface area contributed by atoms with E-state index in [2.05, 4.69) is 26.6 Å². The van der Waals surface area contributed by atoms with E-state index in [4.69, 9.17) is 0 Å². The SMILES string of the molecule is CNC(C(=O)O)C(NC)c1cc(Br)ccc1C. The topological polar surface area (TPSA) is 61.4 Å². The molecule has 0 aromatic heterocycles. The van der Waals surface area contributed by atoms with Crippen molar-refractivity contribution in [3.8, 4) is 0 Å². The maximum Gasteiger partial charge on any atom is 0.322 e. The number of carbonyl (C=O) groups is 1. The molecule has 0 heterocycles. The van der Waals surface area contributed by atoms with Crippen LogP contribution in [0.15, 0.2) is 22.7 Å². The highest BCUT2D eigenvalue weighted by molar-refractivity contribution is 9.10. The molecule has 2 atom stereocenters. The van der Waals surface area contributed by atoms with Gasteiger partial charge in [0.1, 0.15) is 6.04 Å². The molecule has 0 saturated heterocycles. The summed E-state index contributed by atoms with van der Waals surface area (Å²) in [4.78, 5) is 11.2. The number of nitrogens with one attached hydrogen (secondary N) is 2. The lowest BCUT2D eigenvalue weighted by atomic mass is 9.95. The number of hydrogen-bond donors (Lipinski definition) is 3. The van der Waals surface area contributed by atoms with Gasteiger partial charge in [-0.2, -0.15) is 0 Å². The zero-order valence-corrected chi connectivity index (χ0v) is 11.7. The van der Waals surface area contributed by atoms with E-state index in [9.17, 15) is 9.90 Å². The molecular formula is C12H17BrN2O2. The molecule has 0 amide bonds. The Hall–Kier alpha value is -0.910. The van der Waals surface area contributed by atoms with Crippen LogP contribution >= 0.6 is 15.9 Å². The van der Waals surface area contributed by atoms with Crippen molar-refractivity contribution in [2.24, 2.45) is 0 Å². The van der Waals surface area contributed by atoms with Crippen molar-refractivity contribution in [2.45, 2.75) is 19.0 Å². The highest BCUT2D eigenvalue weighted by Crippen LogP contribution is 2.24. The number of aliphatic carboxylic acids is 1. The van der Waals surface area contributed by atoms with Crippen molar-refractivity contribution in [1.82, 2.24) is 10.6 Å². The number of carboxylic acid groups (broad SMARTS) is 1. The van der Waals surface area contributed by atoms with E-state index in [-0.39, 0.29) is 6.04 Å². The monoisotopic (exact) mass is 300 g/mol. The fraction of sp³-hybridized carbons (Fsp3) is 0.417. The number of likely N-dealkylation sites (N-methyl/N-ethyl adjacent to an activating group) is 2. The van der Waals surface area contributed by atoms with Crippen molar-refractivity contribution < 1.29 is 9.90 Å². The minimum atomic E-state index is -0.869. The van der Waals surface area contributed by atoms with Crippen molar-refractivity contribution in [3.05, 3.63) is 33.8 Å². The third-order valence-electron chi connectivity index (χ3n) is 2.80. The summed E-state index contributed by atoms with van der Waals surface area (Å²) < 4.78 is 0.943. The van der Waals surface area contributed by atoms with Gasteiger partial charge in [-0.1, -0.05) is 22.0 Å². The molecule has 0 saturated carbocycles. The van der Waals surface area contributed by atoms with E-state index < -0.39 is 12.0 Å². The van der Waals surface area contributed by atoms with Gasteiger partial charge in [-0.25, -0.2) is 0 Å². The van der Waals surface area contributed by atoms with Crippen LogP contribution in [0.1, 0.15) is 17.2 Å². The van der Waals surface area contributed by atoms with Crippen LogP contribution in [0.5, 0.6) is 0 Å². The maximum absolute atomic E-state index is 11.2. The van der Waals surface area contributed by atoms with E-state index in [0.29, 0.717) is 0 Å². The molecule has 0 bridgehead atoms.